The van der Waals surface area contributed by atoms with Crippen molar-refractivity contribution >= 4 is 17.6 Å². The van der Waals surface area contributed by atoms with Gasteiger partial charge in [-0.15, -0.1) is 0 Å². The molecular formula is C14H11ClO3. The molecule has 0 amide bonds. The molecule has 0 aromatic heterocycles. The molecule has 92 valence electrons. The second-order valence-electron chi connectivity index (χ2n) is 3.72. The molecule has 0 heterocycles. The van der Waals surface area contributed by atoms with E-state index in [4.69, 9.17) is 16.3 Å². The Balaban J connectivity index is 2.04. The molecule has 2 rings (SSSR count). The molecule has 0 unspecified atom stereocenters. The number of ether oxygens (including phenoxy) is 1. The van der Waals surface area contributed by atoms with Crippen molar-refractivity contribution in [3.8, 4) is 5.75 Å². The first-order valence-corrected chi connectivity index (χ1v) is 5.74. The minimum absolute atomic E-state index is 0.107. The number of phenolic OH excluding ortho intramolecular Hbond substituents is 1. The summed E-state index contributed by atoms with van der Waals surface area (Å²) in [5, 5.41) is 9.94. The molecule has 2 aromatic carbocycles. The molecule has 0 atom stereocenters. The van der Waals surface area contributed by atoms with Gasteiger partial charge < -0.3 is 9.84 Å². The molecule has 0 fully saturated rings. The van der Waals surface area contributed by atoms with Crippen LogP contribution in [-0.4, -0.2) is 11.1 Å². The van der Waals surface area contributed by atoms with Gasteiger partial charge in [0, 0.05) is 5.02 Å². The van der Waals surface area contributed by atoms with E-state index in [9.17, 15) is 9.90 Å². The van der Waals surface area contributed by atoms with E-state index in [1.54, 1.807) is 0 Å². The summed E-state index contributed by atoms with van der Waals surface area (Å²) in [5.74, 6) is -0.756. The second kappa shape index (κ2) is 5.56. The average molecular weight is 263 g/mol. The number of esters is 1. The van der Waals surface area contributed by atoms with E-state index in [1.165, 1.54) is 18.2 Å². The molecule has 0 saturated carbocycles. The smallest absolute Gasteiger partial charge is 0.342 e. The Hall–Kier alpha value is -2.00. The van der Waals surface area contributed by atoms with Crippen molar-refractivity contribution in [3.63, 3.8) is 0 Å². The maximum absolute atomic E-state index is 11.7. The quantitative estimate of drug-likeness (QED) is 0.863. The van der Waals surface area contributed by atoms with Crippen LogP contribution in [-0.2, 0) is 11.3 Å². The summed E-state index contributed by atoms with van der Waals surface area (Å²) >= 11 is 5.68. The highest BCUT2D eigenvalue weighted by Crippen LogP contribution is 2.22. The maximum Gasteiger partial charge on any atom is 0.342 e. The van der Waals surface area contributed by atoms with E-state index < -0.39 is 5.97 Å². The Morgan fingerprint density at radius 3 is 2.56 bits per heavy atom. The zero-order valence-corrected chi connectivity index (χ0v) is 10.2. The molecule has 0 radical (unpaired) electrons. The number of carbonyl (C=O) groups excluding carboxylic acids is 1. The second-order valence-corrected chi connectivity index (χ2v) is 4.16. The number of benzene rings is 2. The summed E-state index contributed by atoms with van der Waals surface area (Å²) in [6.45, 7) is 0.168. The zero-order valence-electron chi connectivity index (χ0n) is 9.47. The summed E-state index contributed by atoms with van der Waals surface area (Å²) in [5.41, 5.74) is 0.995. The van der Waals surface area contributed by atoms with Crippen LogP contribution in [0, 0.1) is 0 Å². The molecule has 0 aliphatic heterocycles. The predicted octanol–water partition coefficient (Wildman–Crippen LogP) is 3.40. The van der Waals surface area contributed by atoms with Gasteiger partial charge in [0.25, 0.3) is 0 Å². The molecule has 1 N–H and O–H groups in total. The van der Waals surface area contributed by atoms with Crippen molar-refractivity contribution in [1.29, 1.82) is 0 Å². The fraction of sp³-hybridized carbons (Fsp3) is 0.0714. The van der Waals surface area contributed by atoms with Gasteiger partial charge in [0.15, 0.2) is 0 Å². The van der Waals surface area contributed by atoms with E-state index in [-0.39, 0.29) is 17.9 Å². The van der Waals surface area contributed by atoms with Gasteiger partial charge in [-0.3, -0.25) is 0 Å². The van der Waals surface area contributed by atoms with Crippen LogP contribution in [0.1, 0.15) is 15.9 Å². The van der Waals surface area contributed by atoms with Crippen LogP contribution in [0.25, 0.3) is 0 Å². The number of phenols is 1. The van der Waals surface area contributed by atoms with Gasteiger partial charge in [-0.25, -0.2) is 4.79 Å². The Kier molecular flexibility index (Phi) is 3.85. The molecule has 0 bridgehead atoms. The third-order valence-electron chi connectivity index (χ3n) is 2.39. The van der Waals surface area contributed by atoms with Crippen LogP contribution >= 0.6 is 11.6 Å². The van der Waals surface area contributed by atoms with Crippen LogP contribution in [0.4, 0.5) is 0 Å². The highest BCUT2D eigenvalue weighted by atomic mass is 35.5. The summed E-state index contributed by atoms with van der Waals surface area (Å²) in [7, 11) is 0. The Labute approximate surface area is 110 Å². The number of hydrogen-bond donors (Lipinski definition) is 1. The van der Waals surface area contributed by atoms with Crippen LogP contribution in [0.2, 0.25) is 5.02 Å². The number of aromatic hydroxyl groups is 1. The number of halogens is 1. The maximum atomic E-state index is 11.7. The number of carbonyl (C=O) groups is 1. The van der Waals surface area contributed by atoms with E-state index >= 15 is 0 Å². The van der Waals surface area contributed by atoms with Gasteiger partial charge in [0.05, 0.1) is 0 Å². The lowest BCUT2D eigenvalue weighted by Crippen LogP contribution is -2.05. The van der Waals surface area contributed by atoms with E-state index in [2.05, 4.69) is 0 Å². The topological polar surface area (TPSA) is 46.5 Å². The van der Waals surface area contributed by atoms with Crippen molar-refractivity contribution in [2.75, 3.05) is 0 Å². The third-order valence-corrected chi connectivity index (χ3v) is 2.63. The van der Waals surface area contributed by atoms with Gasteiger partial charge in [-0.2, -0.15) is 0 Å². The Morgan fingerprint density at radius 2 is 1.89 bits per heavy atom. The first-order chi connectivity index (χ1) is 8.66. The molecule has 2 aromatic rings. The van der Waals surface area contributed by atoms with Gasteiger partial charge in [-0.05, 0) is 23.8 Å². The lowest BCUT2D eigenvalue weighted by Gasteiger charge is -2.06. The lowest BCUT2D eigenvalue weighted by molar-refractivity contribution is 0.0469. The van der Waals surface area contributed by atoms with Gasteiger partial charge in [-0.1, -0.05) is 41.9 Å². The minimum Gasteiger partial charge on any atom is -0.507 e. The molecule has 0 aliphatic carbocycles. The van der Waals surface area contributed by atoms with E-state index in [0.717, 1.165) is 5.56 Å². The zero-order chi connectivity index (χ0) is 13.0. The van der Waals surface area contributed by atoms with Crippen molar-refractivity contribution in [3.05, 3.63) is 64.7 Å². The summed E-state index contributed by atoms with van der Waals surface area (Å²) in [4.78, 5) is 11.7. The average Bonchev–Trinajstić information content (AvgIpc) is 2.37. The molecule has 3 nitrogen and oxygen atoms in total. The highest BCUT2D eigenvalue weighted by Gasteiger charge is 2.12. The fourth-order valence-corrected chi connectivity index (χ4v) is 1.64. The summed E-state index contributed by atoms with van der Waals surface area (Å²) in [6.07, 6.45) is 0. The van der Waals surface area contributed by atoms with Crippen molar-refractivity contribution in [2.24, 2.45) is 0 Å². The number of rotatable bonds is 3. The van der Waals surface area contributed by atoms with E-state index in [1.807, 2.05) is 30.3 Å². The molecule has 0 saturated heterocycles. The largest absolute Gasteiger partial charge is 0.507 e. The van der Waals surface area contributed by atoms with Gasteiger partial charge in [0.2, 0.25) is 0 Å². The first-order valence-electron chi connectivity index (χ1n) is 5.36. The first kappa shape index (κ1) is 12.5. The highest BCUT2D eigenvalue weighted by molar-refractivity contribution is 6.30. The van der Waals surface area contributed by atoms with Crippen molar-refractivity contribution < 1.29 is 14.6 Å². The van der Waals surface area contributed by atoms with Crippen LogP contribution in [0.3, 0.4) is 0 Å². The minimum atomic E-state index is -0.576. The SMILES string of the molecule is O=C(OCc1ccccc1)c1ccc(Cl)cc1O. The summed E-state index contributed by atoms with van der Waals surface area (Å²) in [6, 6.07) is 13.6. The monoisotopic (exact) mass is 262 g/mol. The Bertz CT molecular complexity index is 552. The van der Waals surface area contributed by atoms with Gasteiger partial charge in [0.1, 0.15) is 17.9 Å². The normalized spacial score (nSPS) is 10.1. The standard InChI is InChI=1S/C14H11ClO3/c15-11-6-7-12(13(16)8-11)14(17)18-9-10-4-2-1-3-5-10/h1-8,16H,9H2. The number of hydrogen-bond acceptors (Lipinski definition) is 3. The van der Waals surface area contributed by atoms with Crippen molar-refractivity contribution in [2.45, 2.75) is 6.61 Å². The Morgan fingerprint density at radius 1 is 1.17 bits per heavy atom. The molecule has 0 spiro atoms. The van der Waals surface area contributed by atoms with Crippen LogP contribution in [0.15, 0.2) is 48.5 Å². The van der Waals surface area contributed by atoms with E-state index in [0.29, 0.717) is 5.02 Å². The van der Waals surface area contributed by atoms with Crippen LogP contribution in [0.5, 0.6) is 5.75 Å². The van der Waals surface area contributed by atoms with Crippen LogP contribution < -0.4 is 0 Å². The molecule has 18 heavy (non-hydrogen) atoms. The lowest BCUT2D eigenvalue weighted by atomic mass is 10.2. The fourth-order valence-electron chi connectivity index (χ4n) is 1.48. The predicted molar refractivity (Wildman–Crippen MR) is 68.7 cm³/mol. The van der Waals surface area contributed by atoms with Crippen molar-refractivity contribution in [1.82, 2.24) is 0 Å². The third kappa shape index (κ3) is 3.02. The molecule has 4 heteroatoms. The molecule has 0 aliphatic rings. The molecular weight excluding hydrogens is 252 g/mol. The summed E-state index contributed by atoms with van der Waals surface area (Å²) < 4.78 is 5.09. The van der Waals surface area contributed by atoms with Gasteiger partial charge >= 0.3 is 5.97 Å².